The number of hydrogen-bond acceptors (Lipinski definition) is 4. The van der Waals surface area contributed by atoms with E-state index in [0.717, 1.165) is 42.9 Å². The van der Waals surface area contributed by atoms with Crippen LogP contribution < -0.4 is 5.32 Å². The molecular weight excluding hydrogens is 438 g/mol. The molecule has 0 unspecified atom stereocenters. The predicted molar refractivity (Wildman–Crippen MR) is 120 cm³/mol. The summed E-state index contributed by atoms with van der Waals surface area (Å²) in [5, 5.41) is 3.98. The summed E-state index contributed by atoms with van der Waals surface area (Å²) in [6.45, 7) is 6.80. The number of rotatable bonds is 5. The van der Waals surface area contributed by atoms with Gasteiger partial charge in [-0.2, -0.15) is 0 Å². The smallest absolute Gasteiger partial charge is 0.338 e. The molecule has 1 N–H and O–H groups in total. The Balaban J connectivity index is 1.48. The second kappa shape index (κ2) is 10.0. The van der Waals surface area contributed by atoms with Crippen molar-refractivity contribution in [3.05, 3.63) is 64.1 Å². The molecule has 0 aliphatic carbocycles. The van der Waals surface area contributed by atoms with Gasteiger partial charge in [0, 0.05) is 42.9 Å². The van der Waals surface area contributed by atoms with Crippen molar-refractivity contribution in [2.45, 2.75) is 13.5 Å². The minimum Gasteiger partial charge on any atom is -0.462 e. The summed E-state index contributed by atoms with van der Waals surface area (Å²) in [7, 11) is 0. The Hall–Kier alpha value is -1.96. The zero-order valence-electron chi connectivity index (χ0n) is 15.9. The van der Waals surface area contributed by atoms with Gasteiger partial charge < -0.3 is 15.0 Å². The van der Waals surface area contributed by atoms with Gasteiger partial charge in [0.25, 0.3) is 0 Å². The maximum absolute atomic E-state index is 11.7. The van der Waals surface area contributed by atoms with E-state index in [0.29, 0.717) is 17.3 Å². The van der Waals surface area contributed by atoms with E-state index in [9.17, 15) is 4.79 Å². The number of halogens is 1. The molecule has 1 fully saturated rings. The summed E-state index contributed by atoms with van der Waals surface area (Å²) < 4.78 is 6.16. The molecule has 3 rings (SSSR count). The first-order chi connectivity index (χ1) is 13.6. The summed E-state index contributed by atoms with van der Waals surface area (Å²) in [6.07, 6.45) is 0. The molecule has 1 aliphatic heterocycles. The summed E-state index contributed by atoms with van der Waals surface area (Å²) in [5.41, 5.74) is 2.71. The van der Waals surface area contributed by atoms with Gasteiger partial charge in [-0.3, -0.25) is 4.90 Å². The molecule has 0 aromatic heterocycles. The quantitative estimate of drug-likeness (QED) is 0.533. The van der Waals surface area contributed by atoms with E-state index in [4.69, 9.17) is 17.0 Å². The number of carbonyl (C=O) groups is 1. The van der Waals surface area contributed by atoms with Crippen molar-refractivity contribution in [1.29, 1.82) is 0 Å². The van der Waals surface area contributed by atoms with Gasteiger partial charge in [-0.1, -0.05) is 34.1 Å². The maximum Gasteiger partial charge on any atom is 0.338 e. The maximum atomic E-state index is 11.7. The minimum absolute atomic E-state index is 0.308. The van der Waals surface area contributed by atoms with Gasteiger partial charge >= 0.3 is 5.97 Å². The Bertz CT molecular complexity index is 821. The molecule has 7 heteroatoms. The van der Waals surface area contributed by atoms with Gasteiger partial charge in [0.15, 0.2) is 5.11 Å². The third-order valence-electron chi connectivity index (χ3n) is 4.66. The lowest BCUT2D eigenvalue weighted by atomic mass is 10.2. The minimum atomic E-state index is -0.308. The van der Waals surface area contributed by atoms with Crippen molar-refractivity contribution in [3.8, 4) is 0 Å². The average Bonchev–Trinajstić information content (AvgIpc) is 2.71. The molecule has 0 bridgehead atoms. The van der Waals surface area contributed by atoms with E-state index in [1.807, 2.05) is 18.2 Å². The SMILES string of the molecule is CCOC(=O)c1ccc(NC(=S)N2CCN(Cc3ccccc3Br)CC2)cc1. The van der Waals surface area contributed by atoms with Gasteiger partial charge in [-0.15, -0.1) is 0 Å². The fourth-order valence-corrected chi connectivity index (χ4v) is 3.79. The van der Waals surface area contributed by atoms with Crippen molar-refractivity contribution in [2.24, 2.45) is 0 Å². The number of hydrogen-bond donors (Lipinski definition) is 1. The average molecular weight is 462 g/mol. The highest BCUT2D eigenvalue weighted by Crippen LogP contribution is 2.19. The lowest BCUT2D eigenvalue weighted by Gasteiger charge is -2.36. The summed E-state index contributed by atoms with van der Waals surface area (Å²) >= 11 is 9.19. The molecule has 0 radical (unpaired) electrons. The number of benzene rings is 2. The third-order valence-corrected chi connectivity index (χ3v) is 5.79. The van der Waals surface area contributed by atoms with Crippen LogP contribution in [0.5, 0.6) is 0 Å². The Labute approximate surface area is 179 Å². The predicted octanol–water partition coefficient (Wildman–Crippen LogP) is 4.14. The molecule has 1 heterocycles. The number of ether oxygens (including phenoxy) is 1. The van der Waals surface area contributed by atoms with Crippen LogP contribution in [-0.4, -0.2) is 53.7 Å². The topological polar surface area (TPSA) is 44.8 Å². The fraction of sp³-hybridized carbons (Fsp3) is 0.333. The molecule has 1 saturated heterocycles. The number of nitrogens with one attached hydrogen (secondary N) is 1. The van der Waals surface area contributed by atoms with E-state index >= 15 is 0 Å². The lowest BCUT2D eigenvalue weighted by molar-refractivity contribution is 0.0526. The molecule has 0 atom stereocenters. The lowest BCUT2D eigenvalue weighted by Crippen LogP contribution is -2.49. The first kappa shape index (κ1) is 20.8. The number of thiocarbonyl (C=S) groups is 1. The van der Waals surface area contributed by atoms with E-state index in [1.165, 1.54) is 5.56 Å². The van der Waals surface area contributed by atoms with E-state index < -0.39 is 0 Å². The van der Waals surface area contributed by atoms with Crippen molar-refractivity contribution in [1.82, 2.24) is 9.80 Å². The fourth-order valence-electron chi connectivity index (χ4n) is 3.08. The van der Waals surface area contributed by atoms with Crippen molar-refractivity contribution in [3.63, 3.8) is 0 Å². The first-order valence-corrected chi connectivity index (χ1v) is 10.6. The third kappa shape index (κ3) is 5.53. The zero-order valence-corrected chi connectivity index (χ0v) is 18.3. The standard InChI is InChI=1S/C21H24BrN3O2S/c1-2-27-20(26)16-7-9-18(10-8-16)23-21(28)25-13-11-24(12-14-25)15-17-5-3-4-6-19(17)22/h3-10H,2,11-15H2,1H3,(H,23,28). The molecule has 2 aromatic rings. The molecule has 0 saturated carbocycles. The van der Waals surface area contributed by atoms with Gasteiger partial charge in [-0.25, -0.2) is 4.79 Å². The van der Waals surface area contributed by atoms with Crippen LogP contribution in [0.3, 0.4) is 0 Å². The summed E-state index contributed by atoms with van der Waals surface area (Å²) in [4.78, 5) is 16.3. The highest BCUT2D eigenvalue weighted by Gasteiger charge is 2.19. The van der Waals surface area contributed by atoms with Gasteiger partial charge in [0.1, 0.15) is 0 Å². The molecule has 5 nitrogen and oxygen atoms in total. The number of carbonyl (C=O) groups excluding carboxylic acids is 1. The number of esters is 1. The highest BCUT2D eigenvalue weighted by atomic mass is 79.9. The van der Waals surface area contributed by atoms with Crippen LogP contribution in [0.1, 0.15) is 22.8 Å². The van der Waals surface area contributed by atoms with E-state index in [1.54, 1.807) is 19.1 Å². The monoisotopic (exact) mass is 461 g/mol. The second-order valence-corrected chi connectivity index (χ2v) is 7.82. The normalized spacial score (nSPS) is 14.6. The summed E-state index contributed by atoms with van der Waals surface area (Å²) in [5.74, 6) is -0.308. The zero-order chi connectivity index (χ0) is 19.9. The van der Waals surface area contributed by atoms with Gasteiger partial charge in [0.05, 0.1) is 12.2 Å². The number of piperazine rings is 1. The first-order valence-electron chi connectivity index (χ1n) is 9.35. The van der Waals surface area contributed by atoms with Crippen LogP contribution in [0.4, 0.5) is 5.69 Å². The van der Waals surface area contributed by atoms with E-state index in [-0.39, 0.29) is 5.97 Å². The Morgan fingerprint density at radius 3 is 2.43 bits per heavy atom. The van der Waals surface area contributed by atoms with Crippen LogP contribution >= 0.6 is 28.1 Å². The molecule has 0 spiro atoms. The van der Waals surface area contributed by atoms with Crippen LogP contribution in [0, 0.1) is 0 Å². The molecule has 148 valence electrons. The summed E-state index contributed by atoms with van der Waals surface area (Å²) in [6, 6.07) is 15.5. The molecule has 28 heavy (non-hydrogen) atoms. The van der Waals surface area contributed by atoms with Crippen LogP contribution in [0.25, 0.3) is 0 Å². The van der Waals surface area contributed by atoms with Crippen LogP contribution in [0.15, 0.2) is 53.0 Å². The highest BCUT2D eigenvalue weighted by molar-refractivity contribution is 9.10. The van der Waals surface area contributed by atoms with Crippen molar-refractivity contribution < 1.29 is 9.53 Å². The van der Waals surface area contributed by atoms with E-state index in [2.05, 4.69) is 49.2 Å². The van der Waals surface area contributed by atoms with Crippen molar-refractivity contribution in [2.75, 3.05) is 38.1 Å². The largest absolute Gasteiger partial charge is 0.462 e. The van der Waals surface area contributed by atoms with Gasteiger partial charge in [-0.05, 0) is 55.0 Å². The van der Waals surface area contributed by atoms with Crippen LogP contribution in [-0.2, 0) is 11.3 Å². The second-order valence-electron chi connectivity index (χ2n) is 6.58. The Morgan fingerprint density at radius 1 is 1.11 bits per heavy atom. The molecule has 2 aromatic carbocycles. The van der Waals surface area contributed by atoms with Gasteiger partial charge in [0.2, 0.25) is 0 Å². The number of anilines is 1. The Kier molecular flexibility index (Phi) is 7.42. The number of nitrogens with zero attached hydrogens (tertiary/aromatic N) is 2. The molecule has 0 amide bonds. The molecular formula is C21H24BrN3O2S. The molecule has 1 aliphatic rings. The Morgan fingerprint density at radius 2 is 1.79 bits per heavy atom. The van der Waals surface area contributed by atoms with Crippen LogP contribution in [0.2, 0.25) is 0 Å². The van der Waals surface area contributed by atoms with Crippen molar-refractivity contribution >= 4 is 44.9 Å².